The van der Waals surface area contributed by atoms with Crippen molar-refractivity contribution in [1.82, 2.24) is 0 Å². The Kier molecular flexibility index (Phi) is 8.22. The van der Waals surface area contributed by atoms with Crippen LogP contribution in [0.25, 0.3) is 0 Å². The first kappa shape index (κ1) is 26.1. The fraction of sp³-hybridized carbons (Fsp3) is 0.875. The monoisotopic (exact) mass is 497 g/mol. The van der Waals surface area contributed by atoms with Crippen LogP contribution in [-0.4, -0.2) is 57.4 Å². The van der Waals surface area contributed by atoms with E-state index in [-0.39, 0.29) is 24.0 Å². The van der Waals surface area contributed by atoms with Crippen LogP contribution in [0.1, 0.15) is 44.9 Å². The first-order valence-electron chi connectivity index (χ1n) is 9.35. The maximum atomic E-state index is 13.3. The second-order valence-corrected chi connectivity index (χ2v) is 9.67. The molecule has 0 aliphatic heterocycles. The summed E-state index contributed by atoms with van der Waals surface area (Å²) in [5.74, 6) is -7.22. The van der Waals surface area contributed by atoms with Crippen molar-refractivity contribution in [2.75, 3.05) is 6.61 Å². The molecule has 0 heterocycles. The SMILES string of the molecule is O=C(CCC(=O)C1C2CCC(C2)C1OS(=O)[O-])OCCCC(F)(F)C(F)(F)S(=O)(=O)O. The molecule has 0 saturated heterocycles. The van der Waals surface area contributed by atoms with Gasteiger partial charge in [0, 0.05) is 18.8 Å². The molecule has 0 aromatic carbocycles. The third-order valence-electron chi connectivity index (χ3n) is 5.63. The lowest BCUT2D eigenvalue weighted by atomic mass is 9.82. The van der Waals surface area contributed by atoms with Crippen molar-refractivity contribution in [2.24, 2.45) is 17.8 Å². The lowest BCUT2D eigenvalue weighted by Crippen LogP contribution is -2.46. The summed E-state index contributed by atoms with van der Waals surface area (Å²) < 4.78 is 113. The van der Waals surface area contributed by atoms with Gasteiger partial charge in [-0.25, -0.2) is 4.21 Å². The summed E-state index contributed by atoms with van der Waals surface area (Å²) in [6.07, 6.45) is -1.90. The van der Waals surface area contributed by atoms with E-state index in [1.807, 2.05) is 0 Å². The number of ketones is 1. The van der Waals surface area contributed by atoms with E-state index >= 15 is 0 Å². The fourth-order valence-corrected chi connectivity index (χ4v) is 5.13. The second kappa shape index (κ2) is 9.77. The highest BCUT2D eigenvalue weighted by atomic mass is 32.2. The van der Waals surface area contributed by atoms with E-state index in [1.54, 1.807) is 0 Å². The number of hydrogen-bond donors (Lipinski definition) is 1. The van der Waals surface area contributed by atoms with Gasteiger partial charge in [-0.1, -0.05) is 0 Å². The molecule has 5 atom stereocenters. The lowest BCUT2D eigenvalue weighted by Gasteiger charge is -2.30. The zero-order valence-corrected chi connectivity index (χ0v) is 17.6. The second-order valence-electron chi connectivity index (χ2n) is 7.61. The highest BCUT2D eigenvalue weighted by molar-refractivity contribution is 7.87. The Balaban J connectivity index is 1.76. The molecule has 2 aliphatic carbocycles. The maximum absolute atomic E-state index is 13.3. The first-order chi connectivity index (χ1) is 14.2. The topological polar surface area (TPSA) is 147 Å². The van der Waals surface area contributed by atoms with Crippen LogP contribution in [0, 0.1) is 17.8 Å². The molecule has 0 spiro atoms. The Hall–Kier alpha value is -1.16. The molecule has 2 fully saturated rings. The zero-order valence-electron chi connectivity index (χ0n) is 16.0. The number of esters is 1. The van der Waals surface area contributed by atoms with E-state index in [0.717, 1.165) is 12.8 Å². The molecule has 0 radical (unpaired) electrons. The Labute approximate surface area is 178 Å². The van der Waals surface area contributed by atoms with Crippen molar-refractivity contribution in [3.63, 3.8) is 0 Å². The lowest BCUT2D eigenvalue weighted by molar-refractivity contribution is -0.167. The normalized spacial score (nSPS) is 27.3. The molecular formula is C16H21F4O9S2-. The van der Waals surface area contributed by atoms with Crippen LogP contribution in [-0.2, 0) is 40.0 Å². The van der Waals surface area contributed by atoms with Crippen LogP contribution in [0.2, 0.25) is 0 Å². The fourth-order valence-electron chi connectivity index (χ4n) is 4.19. The van der Waals surface area contributed by atoms with Gasteiger partial charge in [0.25, 0.3) is 0 Å². The molecule has 15 heteroatoms. The molecule has 2 rings (SSSR count). The molecule has 0 aromatic heterocycles. The van der Waals surface area contributed by atoms with Crippen LogP contribution in [0.4, 0.5) is 17.6 Å². The molecule has 9 nitrogen and oxygen atoms in total. The minimum atomic E-state index is -6.33. The number of Topliss-reactive ketones (excluding diaryl/α,β-unsaturated/α-hetero) is 1. The molecule has 0 aromatic rings. The number of ether oxygens (including phenoxy) is 1. The number of alkyl halides is 4. The van der Waals surface area contributed by atoms with Gasteiger partial charge in [-0.05, 0) is 37.5 Å². The predicted octanol–water partition coefficient (Wildman–Crippen LogP) is 2.00. The number of carbonyl (C=O) groups excluding carboxylic acids is 2. The Bertz CT molecular complexity index is 818. The molecule has 2 saturated carbocycles. The van der Waals surface area contributed by atoms with E-state index in [0.29, 0.717) is 6.42 Å². The summed E-state index contributed by atoms with van der Waals surface area (Å²) >= 11 is -2.79. The third-order valence-corrected chi connectivity index (χ3v) is 6.95. The van der Waals surface area contributed by atoms with Crippen molar-refractivity contribution in [3.05, 3.63) is 0 Å². The highest BCUT2D eigenvalue weighted by Crippen LogP contribution is 2.50. The molecule has 2 aliphatic rings. The van der Waals surface area contributed by atoms with Crippen molar-refractivity contribution in [1.29, 1.82) is 0 Å². The van der Waals surface area contributed by atoms with E-state index in [2.05, 4.69) is 4.74 Å². The van der Waals surface area contributed by atoms with Gasteiger partial charge in [0.2, 0.25) is 0 Å². The van der Waals surface area contributed by atoms with Gasteiger partial charge in [0.15, 0.2) is 0 Å². The van der Waals surface area contributed by atoms with Gasteiger partial charge in [0.1, 0.15) is 5.78 Å². The number of rotatable bonds is 12. The van der Waals surface area contributed by atoms with Gasteiger partial charge >= 0.3 is 27.3 Å². The molecule has 2 bridgehead atoms. The molecule has 180 valence electrons. The van der Waals surface area contributed by atoms with E-state index in [1.165, 1.54) is 0 Å². The standard InChI is InChI=1S/C16H22F4O9S2/c17-15(18,16(19,20)31(25,26)27)6-1-7-28-12(22)5-4-11(21)13-9-2-3-10(8-9)14(13)29-30(23)24/h9-10,13-14H,1-8H2,(H,23,24)(H,25,26,27)/p-1. The summed E-state index contributed by atoms with van der Waals surface area (Å²) in [4.78, 5) is 24.1. The van der Waals surface area contributed by atoms with Crippen LogP contribution >= 0.6 is 0 Å². The van der Waals surface area contributed by atoms with Crippen molar-refractivity contribution in [3.8, 4) is 0 Å². The van der Waals surface area contributed by atoms with Gasteiger partial charge in [-0.3, -0.25) is 18.3 Å². The van der Waals surface area contributed by atoms with Gasteiger partial charge in [-0.2, -0.15) is 26.0 Å². The smallest absolute Gasteiger partial charge is 0.431 e. The van der Waals surface area contributed by atoms with E-state index in [4.69, 9.17) is 8.74 Å². The van der Waals surface area contributed by atoms with Crippen LogP contribution in [0.15, 0.2) is 0 Å². The minimum Gasteiger partial charge on any atom is -0.750 e. The summed E-state index contributed by atoms with van der Waals surface area (Å²) in [7, 11) is -6.33. The molecule has 1 N–H and O–H groups in total. The van der Waals surface area contributed by atoms with E-state index < -0.39 is 76.5 Å². The largest absolute Gasteiger partial charge is 0.750 e. The molecule has 0 amide bonds. The summed E-state index contributed by atoms with van der Waals surface area (Å²) in [5.41, 5.74) is 0. The molecule has 5 unspecified atom stereocenters. The Morgan fingerprint density at radius 2 is 1.74 bits per heavy atom. The first-order valence-corrected chi connectivity index (χ1v) is 11.8. The van der Waals surface area contributed by atoms with Gasteiger partial charge in [-0.15, -0.1) is 0 Å². The van der Waals surface area contributed by atoms with Crippen molar-refractivity contribution < 1.29 is 57.8 Å². The third kappa shape index (κ3) is 6.00. The molecule has 31 heavy (non-hydrogen) atoms. The maximum Gasteiger partial charge on any atom is 0.431 e. The number of hydrogen-bond acceptors (Lipinski definition) is 8. The van der Waals surface area contributed by atoms with Crippen molar-refractivity contribution >= 4 is 33.2 Å². The predicted molar refractivity (Wildman–Crippen MR) is 94.0 cm³/mol. The summed E-state index contributed by atoms with van der Waals surface area (Å²) in [6.45, 7) is -0.737. The quantitative estimate of drug-likeness (QED) is 0.141. The summed E-state index contributed by atoms with van der Waals surface area (Å²) in [6, 6.07) is 0. The average Bonchev–Trinajstić information content (AvgIpc) is 3.23. The van der Waals surface area contributed by atoms with Crippen LogP contribution in [0.5, 0.6) is 0 Å². The Morgan fingerprint density at radius 1 is 1.13 bits per heavy atom. The minimum absolute atomic E-state index is 0.0474. The van der Waals surface area contributed by atoms with Crippen LogP contribution in [0.3, 0.4) is 0 Å². The number of halogens is 4. The van der Waals surface area contributed by atoms with Gasteiger partial charge in [0.05, 0.1) is 30.5 Å². The number of carbonyl (C=O) groups is 2. The summed E-state index contributed by atoms with van der Waals surface area (Å²) in [5, 5.41) is -5.69. The zero-order chi connectivity index (χ0) is 23.6. The highest BCUT2D eigenvalue weighted by Gasteiger charge is 2.64. The number of fused-ring (bicyclic) bond motifs is 2. The van der Waals surface area contributed by atoms with Crippen molar-refractivity contribution in [2.45, 2.75) is 62.2 Å². The van der Waals surface area contributed by atoms with Gasteiger partial charge < -0.3 is 9.29 Å². The molecular weight excluding hydrogens is 476 g/mol. The van der Waals surface area contributed by atoms with Crippen LogP contribution < -0.4 is 0 Å². The Morgan fingerprint density at radius 3 is 2.32 bits per heavy atom. The van der Waals surface area contributed by atoms with E-state index in [9.17, 15) is 44.3 Å². The average molecular weight is 497 g/mol.